The fraction of sp³-hybridized carbons (Fsp3) is 0.310. The van der Waals surface area contributed by atoms with E-state index in [-0.39, 0.29) is 29.1 Å². The molecule has 1 aliphatic heterocycles. The molecule has 0 radical (unpaired) electrons. The Kier molecular flexibility index (Phi) is 7.35. The average Bonchev–Trinajstić information content (AvgIpc) is 2.84. The Morgan fingerprint density at radius 2 is 1.46 bits per heavy atom. The summed E-state index contributed by atoms with van der Waals surface area (Å²) >= 11 is 0. The molecule has 1 heterocycles. The van der Waals surface area contributed by atoms with Crippen LogP contribution in [0.3, 0.4) is 0 Å². The van der Waals surface area contributed by atoms with Crippen molar-refractivity contribution in [2.24, 2.45) is 0 Å². The number of hydrogen-bond donors (Lipinski definition) is 1. The van der Waals surface area contributed by atoms with Crippen LogP contribution < -0.4 is 14.6 Å². The van der Waals surface area contributed by atoms with Crippen LogP contribution in [0, 0.1) is 11.6 Å². The number of halogens is 2. The smallest absolute Gasteiger partial charge is 0.250 e. The van der Waals surface area contributed by atoms with Crippen molar-refractivity contribution in [3.05, 3.63) is 95.6 Å². The Hall–Kier alpha value is -3.36. The van der Waals surface area contributed by atoms with E-state index in [1.54, 1.807) is 17.0 Å². The highest BCUT2D eigenvalue weighted by molar-refractivity contribution is 6.74. The van der Waals surface area contributed by atoms with Crippen molar-refractivity contribution in [2.75, 3.05) is 11.4 Å². The second-order valence-electron chi connectivity index (χ2n) is 10.8. The number of β-lactam (4-membered cyclic amide) rings is 1. The lowest BCUT2D eigenvalue weighted by molar-refractivity contribution is -0.127. The summed E-state index contributed by atoms with van der Waals surface area (Å²) in [4.78, 5) is 27.4. The number of rotatable bonds is 8. The van der Waals surface area contributed by atoms with Gasteiger partial charge < -0.3 is 9.33 Å². The lowest BCUT2D eigenvalue weighted by Gasteiger charge is -2.47. The second-order valence-corrected chi connectivity index (χ2v) is 15.6. The van der Waals surface area contributed by atoms with E-state index in [4.69, 9.17) is 4.43 Å². The first kappa shape index (κ1) is 26.7. The number of hydrogen-bond acceptors (Lipinski definition) is 4. The monoisotopic (exact) mass is 522 g/mol. The molecule has 5 nitrogen and oxygen atoms in total. The minimum absolute atomic E-state index is 0.0531. The van der Waals surface area contributed by atoms with Gasteiger partial charge in [0.15, 0.2) is 5.78 Å². The van der Waals surface area contributed by atoms with E-state index in [0.717, 1.165) is 11.3 Å². The lowest BCUT2D eigenvalue weighted by Crippen LogP contribution is -2.65. The number of amides is 1. The predicted octanol–water partition coefficient (Wildman–Crippen LogP) is 6.28. The van der Waals surface area contributed by atoms with E-state index in [1.807, 2.05) is 24.3 Å². The molecule has 0 spiro atoms. The molecule has 2 atom stereocenters. The van der Waals surface area contributed by atoms with Crippen molar-refractivity contribution in [2.45, 2.75) is 51.0 Å². The third-order valence-electron chi connectivity index (χ3n) is 7.25. The molecule has 1 N–H and O–H groups in total. The Morgan fingerprint density at radius 1 is 0.919 bits per heavy atom. The topological polar surface area (TPSA) is 58.6 Å². The largest absolute Gasteiger partial charge is 0.544 e. The minimum Gasteiger partial charge on any atom is -0.544 e. The number of carbonyl (C=O) groups excluding carboxylic acids is 2. The minimum atomic E-state index is -2.02. The predicted molar refractivity (Wildman–Crippen MR) is 143 cm³/mol. The summed E-state index contributed by atoms with van der Waals surface area (Å²) in [6.45, 7) is 10.8. The van der Waals surface area contributed by atoms with Crippen LogP contribution in [0.4, 0.5) is 14.5 Å². The zero-order chi connectivity index (χ0) is 27.0. The molecule has 1 amide bonds. The summed E-state index contributed by atoms with van der Waals surface area (Å²) in [6.07, 6.45) is 0. The van der Waals surface area contributed by atoms with Crippen molar-refractivity contribution in [1.29, 1.82) is 0 Å². The molecule has 0 unspecified atom stereocenters. The highest BCUT2D eigenvalue weighted by Gasteiger charge is 2.49. The van der Waals surface area contributed by atoms with Crippen molar-refractivity contribution in [1.82, 2.24) is 5.32 Å². The van der Waals surface area contributed by atoms with Crippen molar-refractivity contribution >= 4 is 25.7 Å². The van der Waals surface area contributed by atoms with Gasteiger partial charge in [-0.1, -0.05) is 32.9 Å². The van der Waals surface area contributed by atoms with Crippen molar-refractivity contribution in [3.8, 4) is 5.75 Å². The molecule has 1 fully saturated rings. The maximum Gasteiger partial charge on any atom is 0.250 e. The van der Waals surface area contributed by atoms with Crippen molar-refractivity contribution < 1.29 is 22.8 Å². The van der Waals surface area contributed by atoms with Gasteiger partial charge in [0.05, 0.1) is 12.6 Å². The highest BCUT2D eigenvalue weighted by Crippen LogP contribution is 2.41. The summed E-state index contributed by atoms with van der Waals surface area (Å²) in [5.74, 6) is -0.505. The number of anilines is 1. The van der Waals surface area contributed by atoms with Crippen LogP contribution in [0.1, 0.15) is 42.7 Å². The Bertz CT molecular complexity index is 1270. The van der Waals surface area contributed by atoms with E-state index in [9.17, 15) is 18.4 Å². The average molecular weight is 523 g/mol. The van der Waals surface area contributed by atoms with Gasteiger partial charge in [-0.05, 0) is 84.4 Å². The van der Waals surface area contributed by atoms with Gasteiger partial charge in [0, 0.05) is 11.3 Å². The van der Waals surface area contributed by atoms with Gasteiger partial charge in [-0.2, -0.15) is 0 Å². The van der Waals surface area contributed by atoms with E-state index >= 15 is 0 Å². The number of ketones is 1. The molecule has 3 aromatic rings. The molecule has 0 aliphatic carbocycles. The van der Waals surface area contributed by atoms with Gasteiger partial charge in [-0.25, -0.2) is 8.78 Å². The van der Waals surface area contributed by atoms with Gasteiger partial charge in [0.2, 0.25) is 14.2 Å². The summed E-state index contributed by atoms with van der Waals surface area (Å²) in [6, 6.07) is 17.7. The molecule has 37 heavy (non-hydrogen) atoms. The van der Waals surface area contributed by atoms with E-state index in [1.165, 1.54) is 36.4 Å². The molecule has 1 aliphatic rings. The van der Waals surface area contributed by atoms with Gasteiger partial charge in [0.1, 0.15) is 23.4 Å². The molecule has 1 saturated heterocycles. The first-order valence-corrected chi connectivity index (χ1v) is 15.2. The summed E-state index contributed by atoms with van der Waals surface area (Å²) in [7, 11) is -2.02. The van der Waals surface area contributed by atoms with Crippen LogP contribution in [-0.4, -0.2) is 32.6 Å². The quantitative estimate of drug-likeness (QED) is 0.215. The van der Waals surface area contributed by atoms with Gasteiger partial charge >= 0.3 is 0 Å². The van der Waals surface area contributed by atoms with Crippen LogP contribution in [0.25, 0.3) is 0 Å². The Labute approximate surface area is 217 Å². The first-order valence-electron chi connectivity index (χ1n) is 12.3. The number of Topliss-reactive ketones (excluding diaryl/α,β-unsaturated/α-hetero) is 1. The van der Waals surface area contributed by atoms with Gasteiger partial charge in [0.25, 0.3) is 0 Å². The van der Waals surface area contributed by atoms with Crippen LogP contribution in [0.15, 0.2) is 72.8 Å². The number of nitrogens with zero attached hydrogens (tertiary/aromatic N) is 1. The first-order chi connectivity index (χ1) is 17.4. The van der Waals surface area contributed by atoms with Crippen molar-refractivity contribution in [3.63, 3.8) is 0 Å². The molecule has 3 aromatic carbocycles. The Morgan fingerprint density at radius 3 is 2.00 bits per heavy atom. The zero-order valence-electron chi connectivity index (χ0n) is 21.7. The molecule has 0 saturated carbocycles. The third kappa shape index (κ3) is 5.65. The normalized spacial score (nSPS) is 17.9. The van der Waals surface area contributed by atoms with E-state index < -0.39 is 26.2 Å². The highest BCUT2D eigenvalue weighted by atomic mass is 28.4. The SMILES string of the molecule is CC(C)(C)[Si](C)(C)Oc1ccc([C@@H]2[C@@H](NCC(=O)c3ccc(F)cc3)C(=O)N2c2ccc(F)cc2)cc1. The Balaban J connectivity index is 1.56. The summed E-state index contributed by atoms with van der Waals surface area (Å²) in [5, 5.41) is 3.13. The number of benzene rings is 3. The fourth-order valence-electron chi connectivity index (χ4n) is 4.04. The second kappa shape index (κ2) is 10.2. The zero-order valence-corrected chi connectivity index (χ0v) is 22.7. The molecular weight excluding hydrogens is 490 g/mol. The maximum absolute atomic E-state index is 13.5. The van der Waals surface area contributed by atoms with Crippen LogP contribution >= 0.6 is 0 Å². The number of carbonyl (C=O) groups is 2. The number of nitrogens with one attached hydrogen (secondary N) is 1. The molecule has 8 heteroatoms. The van der Waals surface area contributed by atoms with Gasteiger partial charge in [-0.3, -0.25) is 14.9 Å². The lowest BCUT2D eigenvalue weighted by atomic mass is 9.87. The fourth-order valence-corrected chi connectivity index (χ4v) is 5.07. The van der Waals surface area contributed by atoms with Gasteiger partial charge in [-0.15, -0.1) is 0 Å². The third-order valence-corrected chi connectivity index (χ3v) is 11.6. The molecule has 194 valence electrons. The van der Waals surface area contributed by atoms with Crippen LogP contribution in [-0.2, 0) is 4.79 Å². The van der Waals surface area contributed by atoms with E-state index in [0.29, 0.717) is 11.3 Å². The summed E-state index contributed by atoms with van der Waals surface area (Å²) < 4.78 is 33.1. The van der Waals surface area contributed by atoms with E-state index in [2.05, 4.69) is 39.2 Å². The molecule has 0 aromatic heterocycles. The van der Waals surface area contributed by atoms with Crippen LogP contribution in [0.5, 0.6) is 5.75 Å². The maximum atomic E-state index is 13.5. The van der Waals surface area contributed by atoms with Crippen LogP contribution in [0.2, 0.25) is 18.1 Å². The summed E-state index contributed by atoms with van der Waals surface area (Å²) in [5.41, 5.74) is 1.79. The molecule has 4 rings (SSSR count). The standard InChI is InChI=1S/C29H32F2N2O3Si/c1-29(2,3)37(4,5)36-24-16-8-20(9-17-24)27-26(28(35)33(27)23-14-12-22(31)13-15-23)32-18-25(34)19-6-10-21(30)11-7-19/h6-17,26-27,32H,18H2,1-5H3/t26-,27-/m1/s1. The molecular formula is C29H32F2N2O3Si. The molecule has 0 bridgehead atoms.